The van der Waals surface area contributed by atoms with Crippen LogP contribution in [0.2, 0.25) is 0 Å². The third-order valence-corrected chi connectivity index (χ3v) is 0.660. The van der Waals surface area contributed by atoms with E-state index in [0.717, 1.165) is 0 Å². The normalized spacial score (nSPS) is 9.67. The van der Waals surface area contributed by atoms with E-state index >= 15 is 0 Å². The molecule has 0 saturated carbocycles. The summed E-state index contributed by atoms with van der Waals surface area (Å²) in [5, 5.41) is 5.23. The summed E-state index contributed by atoms with van der Waals surface area (Å²) in [6.07, 6.45) is 1.50. The molecule has 1 rings (SSSR count). The fourth-order valence-electron chi connectivity index (χ4n) is 0.296. The first kappa shape index (κ1) is 6.00. The second-order valence-electron chi connectivity index (χ2n) is 1.23. The van der Waals surface area contributed by atoms with Gasteiger partial charge in [-0.15, -0.1) is 10.2 Å². The lowest BCUT2D eigenvalue weighted by molar-refractivity contribution is 0.411. The first-order valence-electron chi connectivity index (χ1n) is 1.96. The Bertz CT molecular complexity index is 205. The highest BCUT2D eigenvalue weighted by Crippen LogP contribution is 2.02. The lowest BCUT2D eigenvalue weighted by Gasteiger charge is -1.87. The summed E-state index contributed by atoms with van der Waals surface area (Å²) in [5.74, 6) is -4.65. The minimum Gasteiger partial charge on any atom is -0.201 e. The second-order valence-corrected chi connectivity index (χ2v) is 1.23. The van der Waals surface area contributed by atoms with Crippen molar-refractivity contribution in [2.24, 2.45) is 0 Å². The average Bonchev–Trinajstić information content (AvgIpc) is 1.83. The van der Waals surface area contributed by atoms with Crippen LogP contribution in [0.5, 0.6) is 0 Å². The Hall–Kier alpha value is -1.13. The van der Waals surface area contributed by atoms with E-state index in [4.69, 9.17) is 0 Å². The van der Waals surface area contributed by atoms with Crippen LogP contribution in [0.3, 0.4) is 0 Å². The Labute approximate surface area is 48.3 Å². The van der Waals surface area contributed by atoms with Crippen LogP contribution >= 0.6 is 0 Å². The zero-order valence-corrected chi connectivity index (χ0v) is 4.03. The predicted octanol–water partition coefficient (Wildman–Crippen LogP) is 0.694. The molecule has 0 fully saturated rings. The molecule has 0 saturated heterocycles. The summed E-state index contributed by atoms with van der Waals surface area (Å²) < 4.78 is 35.4. The van der Waals surface area contributed by atoms with E-state index in [9.17, 15) is 13.2 Å². The van der Waals surface area contributed by atoms with Crippen molar-refractivity contribution in [3.05, 3.63) is 23.8 Å². The van der Waals surface area contributed by atoms with E-state index in [-0.39, 0.29) is 0 Å². The van der Waals surface area contributed by atoms with E-state index < -0.39 is 17.6 Å². The van der Waals surface area contributed by atoms with Gasteiger partial charge in [-0.25, -0.2) is 4.39 Å². The number of rotatable bonds is 0. The molecule has 0 atom stereocenters. The van der Waals surface area contributed by atoms with Crippen molar-refractivity contribution >= 4 is 0 Å². The van der Waals surface area contributed by atoms with Gasteiger partial charge >= 0.3 is 0 Å². The number of hydrogen-bond acceptors (Lipinski definition) is 2. The Morgan fingerprint density at radius 1 is 1.22 bits per heavy atom. The summed E-state index contributed by atoms with van der Waals surface area (Å²) >= 11 is 0. The van der Waals surface area contributed by atoms with Crippen molar-refractivity contribution in [3.8, 4) is 0 Å². The van der Waals surface area contributed by atoms with Gasteiger partial charge in [0.2, 0.25) is 5.82 Å². The van der Waals surface area contributed by atoms with Gasteiger partial charge in [-0.3, -0.25) is 0 Å². The highest BCUT2D eigenvalue weighted by atomic mass is 19.2. The Balaban J connectivity index is 3.25. The lowest BCUT2D eigenvalue weighted by atomic mass is 10.5. The van der Waals surface area contributed by atoms with Crippen LogP contribution in [-0.4, -0.2) is 10.2 Å². The Kier molecular flexibility index (Phi) is 1.33. The summed E-state index contributed by atoms with van der Waals surface area (Å²) in [6.45, 7) is 0. The molecule has 0 bridgehead atoms. The van der Waals surface area contributed by atoms with Crippen molar-refractivity contribution < 1.29 is 13.2 Å². The highest BCUT2D eigenvalue weighted by Gasteiger charge is 2.08. The molecule has 0 spiro atoms. The molecular formula is C4F3N2. The summed E-state index contributed by atoms with van der Waals surface area (Å²) in [4.78, 5) is 0. The minimum atomic E-state index is -1.65. The van der Waals surface area contributed by atoms with Crippen LogP contribution in [0.25, 0.3) is 0 Å². The fraction of sp³-hybridized carbons (Fsp3) is 0. The van der Waals surface area contributed by atoms with Crippen LogP contribution in [0.15, 0.2) is 0 Å². The molecule has 0 aliphatic heterocycles. The number of nitrogens with zero attached hydrogens (tertiary/aromatic N) is 2. The molecule has 1 aromatic rings. The summed E-state index contributed by atoms with van der Waals surface area (Å²) in [7, 11) is 0. The molecule has 0 unspecified atom stereocenters. The number of halogens is 3. The van der Waals surface area contributed by atoms with Crippen molar-refractivity contribution in [3.63, 3.8) is 0 Å². The SMILES string of the molecule is Fc1[c]nnc(F)c1F. The minimum absolute atomic E-state index is 1.46. The van der Waals surface area contributed by atoms with Crippen LogP contribution in [0, 0.1) is 23.8 Å². The molecule has 0 amide bonds. The molecular weight excluding hydrogens is 133 g/mol. The van der Waals surface area contributed by atoms with Crippen LogP contribution in [0.4, 0.5) is 13.2 Å². The Morgan fingerprint density at radius 3 is 2.33 bits per heavy atom. The fourth-order valence-corrected chi connectivity index (χ4v) is 0.296. The standard InChI is InChI=1S/C4F3N2/c5-2-1-8-9-4(7)3(2)6. The highest BCUT2D eigenvalue weighted by molar-refractivity contribution is 4.91. The van der Waals surface area contributed by atoms with E-state index in [2.05, 4.69) is 10.2 Å². The van der Waals surface area contributed by atoms with Gasteiger partial charge in [-0.2, -0.15) is 8.78 Å². The summed E-state index contributed by atoms with van der Waals surface area (Å²) in [5.41, 5.74) is 0. The maximum atomic E-state index is 11.8. The average molecular weight is 133 g/mol. The maximum Gasteiger partial charge on any atom is 0.271 e. The predicted molar refractivity (Wildman–Crippen MR) is 20.7 cm³/mol. The van der Waals surface area contributed by atoms with Crippen molar-refractivity contribution in [2.45, 2.75) is 0 Å². The first-order valence-corrected chi connectivity index (χ1v) is 1.96. The topological polar surface area (TPSA) is 25.8 Å². The van der Waals surface area contributed by atoms with Gasteiger partial charge in [0.25, 0.3) is 5.95 Å². The smallest absolute Gasteiger partial charge is 0.201 e. The lowest BCUT2D eigenvalue weighted by Crippen LogP contribution is -1.96. The summed E-state index contributed by atoms with van der Waals surface area (Å²) in [6, 6.07) is 0. The van der Waals surface area contributed by atoms with Gasteiger partial charge in [-0.05, 0) is 0 Å². The van der Waals surface area contributed by atoms with Gasteiger partial charge < -0.3 is 0 Å². The second kappa shape index (κ2) is 2.00. The zero-order chi connectivity index (χ0) is 6.85. The van der Waals surface area contributed by atoms with E-state index in [0.29, 0.717) is 0 Å². The molecule has 0 N–H and O–H groups in total. The molecule has 2 nitrogen and oxygen atoms in total. The molecule has 0 aromatic carbocycles. The van der Waals surface area contributed by atoms with Gasteiger partial charge in [0.15, 0.2) is 12.0 Å². The van der Waals surface area contributed by atoms with Gasteiger partial charge in [0, 0.05) is 0 Å². The number of aromatic nitrogens is 2. The first-order chi connectivity index (χ1) is 4.22. The van der Waals surface area contributed by atoms with Crippen molar-refractivity contribution in [1.82, 2.24) is 10.2 Å². The molecule has 5 heteroatoms. The zero-order valence-electron chi connectivity index (χ0n) is 4.03. The molecule has 9 heavy (non-hydrogen) atoms. The molecule has 0 aliphatic carbocycles. The molecule has 1 radical (unpaired) electrons. The Morgan fingerprint density at radius 2 is 1.89 bits per heavy atom. The van der Waals surface area contributed by atoms with E-state index in [1.807, 2.05) is 0 Å². The molecule has 1 heterocycles. The third kappa shape index (κ3) is 0.984. The van der Waals surface area contributed by atoms with Crippen LogP contribution in [-0.2, 0) is 0 Å². The quantitative estimate of drug-likeness (QED) is 0.520. The van der Waals surface area contributed by atoms with Crippen LogP contribution in [0.1, 0.15) is 0 Å². The maximum absolute atomic E-state index is 11.8. The van der Waals surface area contributed by atoms with Gasteiger partial charge in [0.1, 0.15) is 0 Å². The van der Waals surface area contributed by atoms with Gasteiger partial charge in [-0.1, -0.05) is 0 Å². The van der Waals surface area contributed by atoms with Gasteiger partial charge in [0.05, 0.1) is 0 Å². The van der Waals surface area contributed by atoms with E-state index in [1.165, 1.54) is 6.20 Å². The number of hydrogen-bond donors (Lipinski definition) is 0. The van der Waals surface area contributed by atoms with Crippen molar-refractivity contribution in [2.75, 3.05) is 0 Å². The third-order valence-electron chi connectivity index (χ3n) is 0.660. The molecule has 1 aromatic heterocycles. The van der Waals surface area contributed by atoms with E-state index in [1.54, 1.807) is 0 Å². The molecule has 47 valence electrons. The van der Waals surface area contributed by atoms with Crippen LogP contribution < -0.4 is 0 Å². The molecule has 0 aliphatic rings. The largest absolute Gasteiger partial charge is 0.271 e. The monoisotopic (exact) mass is 133 g/mol. The van der Waals surface area contributed by atoms with Crippen molar-refractivity contribution in [1.29, 1.82) is 0 Å².